The fraction of sp³-hybridized carbons (Fsp3) is 0.250. The van der Waals surface area contributed by atoms with Crippen molar-refractivity contribution in [1.82, 2.24) is 9.55 Å². The minimum absolute atomic E-state index is 0.107. The van der Waals surface area contributed by atoms with Gasteiger partial charge in [-0.1, -0.05) is 0 Å². The van der Waals surface area contributed by atoms with Crippen LogP contribution >= 0.6 is 0 Å². The van der Waals surface area contributed by atoms with Crippen LogP contribution in [0.2, 0.25) is 0 Å². The lowest BCUT2D eigenvalue weighted by atomic mass is 10.1. The molecule has 2 rings (SSSR count). The quantitative estimate of drug-likeness (QED) is 0.828. The number of aromatic nitrogens is 2. The van der Waals surface area contributed by atoms with Crippen LogP contribution in [0.5, 0.6) is 0 Å². The van der Waals surface area contributed by atoms with E-state index in [2.05, 4.69) is 4.98 Å². The summed E-state index contributed by atoms with van der Waals surface area (Å²) in [6.07, 6.45) is 0.929. The molecular formula is C12H11N3O4S. The lowest BCUT2D eigenvalue weighted by Crippen LogP contribution is -2.37. The van der Waals surface area contributed by atoms with Crippen molar-refractivity contribution in [1.29, 1.82) is 5.26 Å². The smallest absolute Gasteiger partial charge is 0.307 e. The third-order valence-electron chi connectivity index (χ3n) is 2.81. The maximum absolute atomic E-state index is 12.2. The molecule has 0 spiro atoms. The van der Waals surface area contributed by atoms with Crippen molar-refractivity contribution in [3.8, 4) is 6.07 Å². The molecule has 0 atom stereocenters. The van der Waals surface area contributed by atoms with Crippen LogP contribution in [-0.4, -0.2) is 24.2 Å². The van der Waals surface area contributed by atoms with Gasteiger partial charge in [-0.25, -0.2) is 17.8 Å². The molecule has 0 unspecified atom stereocenters. The zero-order valence-electron chi connectivity index (χ0n) is 10.8. The molecular weight excluding hydrogens is 282 g/mol. The Kier molecular flexibility index (Phi) is 3.23. The molecule has 7 nitrogen and oxygen atoms in total. The van der Waals surface area contributed by atoms with Crippen molar-refractivity contribution in [3.05, 3.63) is 44.1 Å². The van der Waals surface area contributed by atoms with Gasteiger partial charge in [0.15, 0.2) is 9.84 Å². The highest BCUT2D eigenvalue weighted by Crippen LogP contribution is 2.13. The molecule has 1 aromatic heterocycles. The number of aromatic amines is 1. The number of sulfone groups is 1. The van der Waals surface area contributed by atoms with Gasteiger partial charge in [0.1, 0.15) is 5.88 Å². The molecule has 8 heteroatoms. The molecule has 0 aliphatic rings. The first-order chi connectivity index (χ1) is 9.23. The largest absolute Gasteiger partial charge is 0.329 e. The Hall–Kier alpha value is -2.40. The van der Waals surface area contributed by atoms with Crippen molar-refractivity contribution >= 4 is 20.7 Å². The second-order valence-corrected chi connectivity index (χ2v) is 6.65. The topological polar surface area (TPSA) is 113 Å². The average Bonchev–Trinajstić information content (AvgIpc) is 2.33. The highest BCUT2D eigenvalue weighted by molar-refractivity contribution is 7.89. The number of aryl methyl sites for hydroxylation is 1. The summed E-state index contributed by atoms with van der Waals surface area (Å²) in [7, 11) is -3.54. The van der Waals surface area contributed by atoms with Crippen molar-refractivity contribution in [2.75, 3.05) is 6.26 Å². The maximum Gasteiger partial charge on any atom is 0.329 e. The first-order valence-electron chi connectivity index (χ1n) is 5.58. The van der Waals surface area contributed by atoms with Crippen LogP contribution in [0.25, 0.3) is 10.9 Å². The van der Waals surface area contributed by atoms with E-state index < -0.39 is 27.0 Å². The number of nitriles is 1. The highest BCUT2D eigenvalue weighted by atomic mass is 32.2. The number of nitrogens with zero attached hydrogens (tertiary/aromatic N) is 2. The van der Waals surface area contributed by atoms with E-state index in [0.29, 0.717) is 15.7 Å². The standard InChI is InChI=1S/C12H11N3O4S/c1-7-3-10-9(4-8(7)5-13)11(16)15(12(17)14-10)6-20(2,18)19/h3-4H,6H2,1-2H3,(H,14,17). The van der Waals surface area contributed by atoms with E-state index in [1.807, 2.05) is 6.07 Å². The third-order valence-corrected chi connectivity index (χ3v) is 3.54. The molecule has 0 saturated heterocycles. The second kappa shape index (κ2) is 4.61. The fourth-order valence-corrected chi connectivity index (χ4v) is 2.58. The lowest BCUT2D eigenvalue weighted by molar-refractivity contribution is 0.584. The minimum Gasteiger partial charge on any atom is -0.307 e. The Bertz CT molecular complexity index is 961. The molecule has 0 fully saturated rings. The number of rotatable bonds is 2. The van der Waals surface area contributed by atoms with Gasteiger partial charge >= 0.3 is 5.69 Å². The molecule has 1 N–H and O–H groups in total. The molecule has 0 radical (unpaired) electrons. The second-order valence-electron chi connectivity index (χ2n) is 4.54. The Balaban J connectivity index is 2.89. The molecule has 1 heterocycles. The predicted octanol–water partition coefficient (Wildman–Crippen LogP) is -0.128. The van der Waals surface area contributed by atoms with Crippen LogP contribution < -0.4 is 11.2 Å². The van der Waals surface area contributed by atoms with Crippen molar-refractivity contribution in [3.63, 3.8) is 0 Å². The summed E-state index contributed by atoms with van der Waals surface area (Å²) in [5.74, 6) is -0.702. The Morgan fingerprint density at radius 2 is 2.00 bits per heavy atom. The molecule has 20 heavy (non-hydrogen) atoms. The normalized spacial score (nSPS) is 11.4. The summed E-state index contributed by atoms with van der Waals surface area (Å²) in [6, 6.07) is 4.80. The monoisotopic (exact) mass is 293 g/mol. The van der Waals surface area contributed by atoms with Crippen LogP contribution in [0.4, 0.5) is 0 Å². The van der Waals surface area contributed by atoms with Gasteiger partial charge in [-0.3, -0.25) is 4.79 Å². The van der Waals surface area contributed by atoms with E-state index in [0.717, 1.165) is 6.26 Å². The van der Waals surface area contributed by atoms with Crippen LogP contribution in [-0.2, 0) is 15.7 Å². The molecule has 0 saturated carbocycles. The van der Waals surface area contributed by atoms with E-state index in [9.17, 15) is 18.0 Å². The number of hydrogen-bond acceptors (Lipinski definition) is 5. The highest BCUT2D eigenvalue weighted by Gasteiger charge is 2.13. The maximum atomic E-state index is 12.2. The number of benzene rings is 1. The zero-order chi connectivity index (χ0) is 15.1. The predicted molar refractivity (Wildman–Crippen MR) is 73.1 cm³/mol. The summed E-state index contributed by atoms with van der Waals surface area (Å²) < 4.78 is 23.1. The van der Waals surface area contributed by atoms with Crippen LogP contribution in [0.3, 0.4) is 0 Å². The molecule has 0 amide bonds. The fourth-order valence-electron chi connectivity index (χ4n) is 1.88. The van der Waals surface area contributed by atoms with Gasteiger partial charge < -0.3 is 4.98 Å². The van der Waals surface area contributed by atoms with Gasteiger partial charge in [-0.05, 0) is 24.6 Å². The van der Waals surface area contributed by atoms with Gasteiger partial charge in [0.2, 0.25) is 0 Å². The SMILES string of the molecule is Cc1cc2[nH]c(=O)n(CS(C)(=O)=O)c(=O)c2cc1C#N. The third kappa shape index (κ3) is 2.48. The zero-order valence-corrected chi connectivity index (χ0v) is 11.6. The Labute approximate surface area is 114 Å². The minimum atomic E-state index is -3.54. The summed E-state index contributed by atoms with van der Waals surface area (Å²) in [5, 5.41) is 9.06. The van der Waals surface area contributed by atoms with Gasteiger partial charge in [0, 0.05) is 6.26 Å². The number of fused-ring (bicyclic) bond motifs is 1. The van der Waals surface area contributed by atoms with Gasteiger partial charge in [0.25, 0.3) is 5.56 Å². The van der Waals surface area contributed by atoms with Gasteiger partial charge in [-0.2, -0.15) is 5.26 Å². The van der Waals surface area contributed by atoms with Crippen molar-refractivity contribution < 1.29 is 8.42 Å². The van der Waals surface area contributed by atoms with Gasteiger partial charge in [-0.15, -0.1) is 0 Å². The molecule has 104 valence electrons. The Morgan fingerprint density at radius 3 is 2.55 bits per heavy atom. The number of H-pyrrole nitrogens is 1. The molecule has 1 aromatic carbocycles. The van der Waals surface area contributed by atoms with Crippen LogP contribution in [0.1, 0.15) is 11.1 Å². The van der Waals surface area contributed by atoms with Gasteiger partial charge in [0.05, 0.1) is 22.5 Å². The summed E-state index contributed by atoms with van der Waals surface area (Å²) >= 11 is 0. The Morgan fingerprint density at radius 1 is 1.35 bits per heavy atom. The lowest BCUT2D eigenvalue weighted by Gasteiger charge is -2.06. The van der Waals surface area contributed by atoms with E-state index in [1.165, 1.54) is 12.1 Å². The van der Waals surface area contributed by atoms with Crippen molar-refractivity contribution in [2.45, 2.75) is 12.8 Å². The summed E-state index contributed by atoms with van der Waals surface area (Å²) in [4.78, 5) is 26.4. The molecule has 0 aliphatic carbocycles. The van der Waals surface area contributed by atoms with E-state index in [4.69, 9.17) is 5.26 Å². The molecule has 0 bridgehead atoms. The summed E-state index contributed by atoms with van der Waals surface area (Å²) in [6.45, 7) is 1.68. The van der Waals surface area contributed by atoms with Crippen molar-refractivity contribution in [2.24, 2.45) is 0 Å². The first kappa shape index (κ1) is 14.0. The van der Waals surface area contributed by atoms with E-state index >= 15 is 0 Å². The van der Waals surface area contributed by atoms with Crippen LogP contribution in [0.15, 0.2) is 21.7 Å². The number of nitrogens with one attached hydrogen (secondary N) is 1. The molecule has 2 aromatic rings. The van der Waals surface area contributed by atoms with Crippen LogP contribution in [0, 0.1) is 18.3 Å². The summed E-state index contributed by atoms with van der Waals surface area (Å²) in [5.41, 5.74) is -0.326. The van der Waals surface area contributed by atoms with E-state index in [-0.39, 0.29) is 10.9 Å². The first-order valence-corrected chi connectivity index (χ1v) is 7.64. The number of hydrogen-bond donors (Lipinski definition) is 1. The average molecular weight is 293 g/mol. The van der Waals surface area contributed by atoms with E-state index in [1.54, 1.807) is 6.92 Å². The molecule has 0 aliphatic heterocycles.